The summed E-state index contributed by atoms with van der Waals surface area (Å²) >= 11 is 0. The van der Waals surface area contributed by atoms with Gasteiger partial charge < -0.3 is 0 Å². The normalized spacial score (nSPS) is 12.9. The minimum absolute atomic E-state index is 0.297. The first-order valence-electron chi connectivity index (χ1n) is 6.18. The molecule has 4 heteroatoms. The molecular formula is C14H20N4. The fourth-order valence-electron chi connectivity index (χ4n) is 2.06. The maximum absolute atomic E-state index is 4.41. The summed E-state index contributed by atoms with van der Waals surface area (Å²) in [5, 5.41) is 4.37. The quantitative estimate of drug-likeness (QED) is 0.827. The van der Waals surface area contributed by atoms with Crippen LogP contribution in [0.4, 0.5) is 0 Å². The third-order valence-electron chi connectivity index (χ3n) is 3.31. The van der Waals surface area contributed by atoms with Gasteiger partial charge in [0.05, 0.1) is 11.4 Å². The molecule has 2 heterocycles. The summed E-state index contributed by atoms with van der Waals surface area (Å²) in [5.41, 5.74) is 3.46. The maximum Gasteiger partial charge on any atom is 0.0638 e. The van der Waals surface area contributed by atoms with Crippen LogP contribution in [0.2, 0.25) is 0 Å². The van der Waals surface area contributed by atoms with Crippen LogP contribution in [0.25, 0.3) is 0 Å². The first kappa shape index (κ1) is 12.8. The lowest BCUT2D eigenvalue weighted by Crippen LogP contribution is -2.22. The average Bonchev–Trinajstić information content (AvgIpc) is 2.68. The van der Waals surface area contributed by atoms with Gasteiger partial charge in [-0.05, 0) is 33.0 Å². The smallest absolute Gasteiger partial charge is 0.0638 e. The van der Waals surface area contributed by atoms with Gasteiger partial charge >= 0.3 is 0 Å². The summed E-state index contributed by atoms with van der Waals surface area (Å²) in [6.07, 6.45) is 3.92. The van der Waals surface area contributed by atoms with Gasteiger partial charge in [0.2, 0.25) is 0 Å². The van der Waals surface area contributed by atoms with Gasteiger partial charge in [-0.2, -0.15) is 5.10 Å². The van der Waals surface area contributed by atoms with E-state index < -0.39 is 0 Å². The molecule has 0 fully saturated rings. The van der Waals surface area contributed by atoms with Gasteiger partial charge in [-0.25, -0.2) is 0 Å². The molecule has 0 saturated heterocycles. The van der Waals surface area contributed by atoms with Gasteiger partial charge in [0.1, 0.15) is 0 Å². The monoisotopic (exact) mass is 244 g/mol. The minimum Gasteiger partial charge on any atom is -0.294 e. The van der Waals surface area contributed by atoms with Crippen molar-refractivity contribution in [2.24, 2.45) is 7.05 Å². The van der Waals surface area contributed by atoms with Crippen molar-refractivity contribution in [3.8, 4) is 0 Å². The first-order chi connectivity index (χ1) is 8.58. The second kappa shape index (κ2) is 5.31. The topological polar surface area (TPSA) is 34.0 Å². The van der Waals surface area contributed by atoms with Crippen LogP contribution in [0, 0.1) is 6.92 Å². The molecule has 0 saturated carbocycles. The number of hydrogen-bond donors (Lipinski definition) is 0. The van der Waals surface area contributed by atoms with Crippen molar-refractivity contribution in [3.63, 3.8) is 0 Å². The molecule has 0 aliphatic carbocycles. The van der Waals surface area contributed by atoms with E-state index in [-0.39, 0.29) is 0 Å². The van der Waals surface area contributed by atoms with Crippen LogP contribution in [0.15, 0.2) is 30.6 Å². The third kappa shape index (κ3) is 2.76. The molecule has 4 nitrogen and oxygen atoms in total. The van der Waals surface area contributed by atoms with E-state index in [1.807, 2.05) is 30.1 Å². The second-order valence-corrected chi connectivity index (χ2v) is 4.76. The Hall–Kier alpha value is -1.68. The van der Waals surface area contributed by atoms with E-state index in [1.54, 1.807) is 0 Å². The zero-order chi connectivity index (χ0) is 13.1. The van der Waals surface area contributed by atoms with Crippen molar-refractivity contribution in [2.75, 3.05) is 7.05 Å². The number of aromatic nitrogens is 3. The largest absolute Gasteiger partial charge is 0.294 e. The zero-order valence-corrected chi connectivity index (χ0v) is 11.5. The standard InChI is InChI=1S/C14H20N4/c1-11-13(10-18(4)16-11)9-17(3)12(2)14-7-5-6-8-15-14/h5-8,10,12H,9H2,1-4H3/t12-/m1/s1. The van der Waals surface area contributed by atoms with Crippen molar-refractivity contribution < 1.29 is 0 Å². The number of aryl methyl sites for hydroxylation is 2. The molecule has 18 heavy (non-hydrogen) atoms. The number of hydrogen-bond acceptors (Lipinski definition) is 3. The molecule has 0 N–H and O–H groups in total. The van der Waals surface area contributed by atoms with Gasteiger partial charge in [-0.3, -0.25) is 14.6 Å². The van der Waals surface area contributed by atoms with E-state index in [1.165, 1.54) is 5.56 Å². The van der Waals surface area contributed by atoms with E-state index in [0.717, 1.165) is 17.9 Å². The summed E-state index contributed by atoms with van der Waals surface area (Å²) < 4.78 is 1.87. The van der Waals surface area contributed by atoms with E-state index in [4.69, 9.17) is 0 Å². The lowest BCUT2D eigenvalue weighted by atomic mass is 10.1. The van der Waals surface area contributed by atoms with E-state index >= 15 is 0 Å². The van der Waals surface area contributed by atoms with Gasteiger partial charge in [0.25, 0.3) is 0 Å². The lowest BCUT2D eigenvalue weighted by Gasteiger charge is -2.23. The Kier molecular flexibility index (Phi) is 3.77. The van der Waals surface area contributed by atoms with Crippen LogP contribution < -0.4 is 0 Å². The number of nitrogens with zero attached hydrogens (tertiary/aromatic N) is 4. The molecule has 0 bridgehead atoms. The molecule has 0 radical (unpaired) electrons. The SMILES string of the molecule is Cc1nn(C)cc1CN(C)[C@H](C)c1ccccn1. The highest BCUT2D eigenvalue weighted by Gasteiger charge is 2.14. The molecule has 0 spiro atoms. The predicted octanol–water partition coefficient (Wildman–Crippen LogP) is 2.32. The highest BCUT2D eigenvalue weighted by Crippen LogP contribution is 2.19. The summed E-state index contributed by atoms with van der Waals surface area (Å²) in [5.74, 6) is 0. The summed E-state index contributed by atoms with van der Waals surface area (Å²) in [4.78, 5) is 6.69. The zero-order valence-electron chi connectivity index (χ0n) is 11.5. The highest BCUT2D eigenvalue weighted by molar-refractivity contribution is 5.16. The number of rotatable bonds is 4. The third-order valence-corrected chi connectivity index (χ3v) is 3.31. The van der Waals surface area contributed by atoms with Crippen molar-refractivity contribution >= 4 is 0 Å². The Morgan fingerprint density at radius 1 is 1.39 bits per heavy atom. The molecule has 2 aromatic heterocycles. The molecule has 0 aliphatic rings. The van der Waals surface area contributed by atoms with Gasteiger partial charge in [-0.1, -0.05) is 6.07 Å². The van der Waals surface area contributed by atoms with Gasteiger partial charge in [0.15, 0.2) is 0 Å². The van der Waals surface area contributed by atoms with Crippen LogP contribution in [0.1, 0.15) is 29.9 Å². The van der Waals surface area contributed by atoms with Crippen LogP contribution in [0.3, 0.4) is 0 Å². The molecule has 0 aliphatic heterocycles. The van der Waals surface area contributed by atoms with Crippen molar-refractivity contribution in [1.82, 2.24) is 19.7 Å². The Balaban J connectivity index is 2.08. The van der Waals surface area contributed by atoms with E-state index in [0.29, 0.717) is 6.04 Å². The number of pyridine rings is 1. The van der Waals surface area contributed by atoms with Crippen LogP contribution >= 0.6 is 0 Å². The molecular weight excluding hydrogens is 224 g/mol. The second-order valence-electron chi connectivity index (χ2n) is 4.76. The van der Waals surface area contributed by atoms with Crippen molar-refractivity contribution in [3.05, 3.63) is 47.5 Å². The molecule has 2 aromatic rings. The summed E-state index contributed by atoms with van der Waals surface area (Å²) in [6.45, 7) is 5.11. The van der Waals surface area contributed by atoms with E-state index in [2.05, 4.69) is 48.1 Å². The van der Waals surface area contributed by atoms with E-state index in [9.17, 15) is 0 Å². The van der Waals surface area contributed by atoms with Crippen molar-refractivity contribution in [2.45, 2.75) is 26.4 Å². The van der Waals surface area contributed by atoms with Crippen LogP contribution in [0.5, 0.6) is 0 Å². The first-order valence-corrected chi connectivity index (χ1v) is 6.18. The predicted molar refractivity (Wildman–Crippen MR) is 72.1 cm³/mol. The highest BCUT2D eigenvalue weighted by atomic mass is 15.3. The fraction of sp³-hybridized carbons (Fsp3) is 0.429. The Bertz CT molecular complexity index is 504. The molecule has 0 amide bonds. The average molecular weight is 244 g/mol. The molecule has 2 rings (SSSR count). The fourth-order valence-corrected chi connectivity index (χ4v) is 2.06. The minimum atomic E-state index is 0.297. The van der Waals surface area contributed by atoms with Crippen molar-refractivity contribution in [1.29, 1.82) is 0 Å². The van der Waals surface area contributed by atoms with Crippen LogP contribution in [-0.2, 0) is 13.6 Å². The Morgan fingerprint density at radius 3 is 2.72 bits per heavy atom. The summed E-state index contributed by atoms with van der Waals surface area (Å²) in [6, 6.07) is 6.34. The molecule has 1 atom stereocenters. The molecule has 0 aromatic carbocycles. The Morgan fingerprint density at radius 2 is 2.17 bits per heavy atom. The maximum atomic E-state index is 4.41. The summed E-state index contributed by atoms with van der Waals surface area (Å²) in [7, 11) is 4.07. The lowest BCUT2D eigenvalue weighted by molar-refractivity contribution is 0.248. The molecule has 0 unspecified atom stereocenters. The van der Waals surface area contributed by atoms with Crippen LogP contribution in [-0.4, -0.2) is 26.7 Å². The van der Waals surface area contributed by atoms with Gasteiger partial charge in [-0.15, -0.1) is 0 Å². The molecule has 96 valence electrons. The Labute approximate surface area is 108 Å². The van der Waals surface area contributed by atoms with Gasteiger partial charge in [0, 0.05) is 37.6 Å².